The van der Waals surface area contributed by atoms with Gasteiger partial charge >= 0.3 is 5.97 Å². The van der Waals surface area contributed by atoms with Gasteiger partial charge < -0.3 is 15.8 Å². The number of anilines is 2. The second-order valence-electron chi connectivity index (χ2n) is 6.61. The zero-order valence-corrected chi connectivity index (χ0v) is 17.8. The maximum atomic E-state index is 12.6. The molecular weight excluding hydrogens is 396 g/mol. The second-order valence-corrected chi connectivity index (χ2v) is 7.49. The molecule has 5 nitrogen and oxygen atoms in total. The van der Waals surface area contributed by atoms with Gasteiger partial charge in [0.25, 0.3) is 0 Å². The molecule has 0 aliphatic carbocycles. The van der Waals surface area contributed by atoms with E-state index >= 15 is 0 Å². The third kappa shape index (κ3) is 5.15. The van der Waals surface area contributed by atoms with Crippen LogP contribution in [0, 0.1) is 0 Å². The summed E-state index contributed by atoms with van der Waals surface area (Å²) in [6.07, 6.45) is 4.06. The molecule has 0 aliphatic rings. The molecule has 3 rings (SSSR count). The Hall–Kier alpha value is -3.38. The van der Waals surface area contributed by atoms with Crippen molar-refractivity contribution in [3.63, 3.8) is 0 Å². The maximum Gasteiger partial charge on any atom is 0.341 e. The lowest BCUT2D eigenvalue weighted by atomic mass is 10.0. The molecule has 3 aromatic rings. The van der Waals surface area contributed by atoms with Gasteiger partial charge in [-0.1, -0.05) is 43.3 Å². The number of benzene rings is 2. The Morgan fingerprint density at radius 3 is 2.40 bits per heavy atom. The number of nitrogens with one attached hydrogen (secondary N) is 1. The van der Waals surface area contributed by atoms with E-state index < -0.39 is 5.97 Å². The number of carbonyl (C=O) groups excluding carboxylic acids is 2. The smallest absolute Gasteiger partial charge is 0.341 e. The highest BCUT2D eigenvalue weighted by molar-refractivity contribution is 7.15. The molecule has 1 heterocycles. The molecule has 1 amide bonds. The Balaban J connectivity index is 1.86. The molecule has 6 heteroatoms. The number of amides is 1. The highest BCUT2D eigenvalue weighted by Crippen LogP contribution is 2.36. The lowest BCUT2D eigenvalue weighted by Gasteiger charge is -2.08. The minimum atomic E-state index is -0.453. The van der Waals surface area contributed by atoms with Gasteiger partial charge in [-0.3, -0.25) is 4.79 Å². The number of esters is 1. The Bertz CT molecular complexity index is 1050. The molecule has 0 radical (unpaired) electrons. The van der Waals surface area contributed by atoms with Gasteiger partial charge in [-0.05, 0) is 48.2 Å². The quantitative estimate of drug-likeness (QED) is 0.305. The Labute approximate surface area is 180 Å². The van der Waals surface area contributed by atoms with E-state index in [-0.39, 0.29) is 12.5 Å². The van der Waals surface area contributed by atoms with Crippen molar-refractivity contribution in [3.8, 4) is 11.1 Å². The van der Waals surface area contributed by atoms with Gasteiger partial charge in [0.2, 0.25) is 5.91 Å². The summed E-state index contributed by atoms with van der Waals surface area (Å²) < 4.78 is 5.24. The van der Waals surface area contributed by atoms with Gasteiger partial charge in [0.05, 0.1) is 6.61 Å². The number of rotatable bonds is 7. The summed E-state index contributed by atoms with van der Waals surface area (Å²) in [5.74, 6) is -0.779. The summed E-state index contributed by atoms with van der Waals surface area (Å²) in [4.78, 5) is 25.1. The minimum Gasteiger partial charge on any atom is -0.462 e. The number of ether oxygens (including phenoxy) is 1. The third-order valence-electron chi connectivity index (χ3n) is 4.54. The van der Waals surface area contributed by atoms with E-state index in [0.29, 0.717) is 16.3 Å². The summed E-state index contributed by atoms with van der Waals surface area (Å²) in [7, 11) is 0. The highest BCUT2D eigenvalue weighted by Gasteiger charge is 2.22. The van der Waals surface area contributed by atoms with Crippen molar-refractivity contribution < 1.29 is 14.3 Å². The lowest BCUT2D eigenvalue weighted by Crippen LogP contribution is -2.12. The van der Waals surface area contributed by atoms with Gasteiger partial charge in [0.1, 0.15) is 10.6 Å². The van der Waals surface area contributed by atoms with Gasteiger partial charge in [-0.15, -0.1) is 11.3 Å². The van der Waals surface area contributed by atoms with Crippen LogP contribution >= 0.6 is 11.3 Å². The van der Waals surface area contributed by atoms with E-state index in [9.17, 15) is 9.59 Å². The zero-order chi connectivity index (χ0) is 21.5. The molecule has 0 saturated carbocycles. The van der Waals surface area contributed by atoms with Gasteiger partial charge in [-0.25, -0.2) is 4.79 Å². The maximum absolute atomic E-state index is 12.6. The molecule has 154 valence electrons. The molecule has 0 fully saturated rings. The first-order valence-electron chi connectivity index (χ1n) is 9.74. The molecule has 0 unspecified atom stereocenters. The van der Waals surface area contributed by atoms with Crippen molar-refractivity contribution in [1.29, 1.82) is 0 Å². The Morgan fingerprint density at radius 2 is 1.77 bits per heavy atom. The zero-order valence-electron chi connectivity index (χ0n) is 17.0. The summed E-state index contributed by atoms with van der Waals surface area (Å²) in [6.45, 7) is 4.11. The van der Waals surface area contributed by atoms with Crippen LogP contribution in [0.2, 0.25) is 0 Å². The normalized spacial score (nSPS) is 10.9. The molecule has 1 aromatic heterocycles. The van der Waals surface area contributed by atoms with Crippen molar-refractivity contribution in [2.45, 2.75) is 20.3 Å². The van der Waals surface area contributed by atoms with E-state index in [4.69, 9.17) is 10.5 Å². The second kappa shape index (κ2) is 9.89. The van der Waals surface area contributed by atoms with Crippen molar-refractivity contribution >= 4 is 40.0 Å². The van der Waals surface area contributed by atoms with Crippen LogP contribution in [0.1, 0.15) is 35.3 Å². The topological polar surface area (TPSA) is 81.4 Å². The Morgan fingerprint density at radius 1 is 1.07 bits per heavy atom. The molecular formula is C24H24N2O3S. The monoisotopic (exact) mass is 420 g/mol. The van der Waals surface area contributed by atoms with E-state index in [1.165, 1.54) is 23.0 Å². The van der Waals surface area contributed by atoms with E-state index in [1.807, 2.05) is 41.8 Å². The van der Waals surface area contributed by atoms with Crippen molar-refractivity contribution in [1.82, 2.24) is 0 Å². The summed E-state index contributed by atoms with van der Waals surface area (Å²) >= 11 is 1.30. The van der Waals surface area contributed by atoms with E-state index in [2.05, 4.69) is 12.2 Å². The largest absolute Gasteiger partial charge is 0.462 e. The lowest BCUT2D eigenvalue weighted by molar-refractivity contribution is -0.111. The van der Waals surface area contributed by atoms with Crippen LogP contribution in [0.25, 0.3) is 17.2 Å². The Kier molecular flexibility index (Phi) is 7.03. The summed E-state index contributed by atoms with van der Waals surface area (Å²) in [5, 5.41) is 5.15. The predicted octanol–water partition coefficient (Wildman–Crippen LogP) is 5.39. The fourth-order valence-corrected chi connectivity index (χ4v) is 3.88. The fraction of sp³-hybridized carbons (Fsp3) is 0.167. The number of carbonyl (C=O) groups is 2. The minimum absolute atomic E-state index is 0.257. The highest BCUT2D eigenvalue weighted by atomic mass is 32.1. The first-order chi connectivity index (χ1) is 14.5. The van der Waals surface area contributed by atoms with Crippen LogP contribution in [-0.2, 0) is 16.0 Å². The first kappa shape index (κ1) is 21.3. The predicted molar refractivity (Wildman–Crippen MR) is 124 cm³/mol. The van der Waals surface area contributed by atoms with Crippen LogP contribution in [0.4, 0.5) is 10.7 Å². The van der Waals surface area contributed by atoms with Gasteiger partial charge in [-0.2, -0.15) is 0 Å². The molecule has 0 aliphatic heterocycles. The van der Waals surface area contributed by atoms with Crippen molar-refractivity contribution in [2.24, 2.45) is 0 Å². The van der Waals surface area contributed by atoms with E-state index in [1.54, 1.807) is 25.1 Å². The molecule has 2 aromatic carbocycles. The number of nitrogens with two attached hydrogens (primary N) is 1. The van der Waals surface area contributed by atoms with Crippen LogP contribution in [0.5, 0.6) is 0 Å². The van der Waals surface area contributed by atoms with Gasteiger partial charge in [0.15, 0.2) is 0 Å². The molecule has 3 N–H and O–H groups in total. The number of nitrogen functional groups attached to an aromatic ring is 1. The molecule has 0 atom stereocenters. The van der Waals surface area contributed by atoms with Crippen LogP contribution in [0.3, 0.4) is 0 Å². The van der Waals surface area contributed by atoms with Crippen LogP contribution in [0.15, 0.2) is 60.0 Å². The standard InChI is InChI=1S/C24H24N2O3S/c1-3-16-5-10-18(11-6-16)20-15-30-23(22(20)24(28)29-4-2)26-21(27)14-9-17-7-12-19(25)13-8-17/h5-15H,3-4,25H2,1-2H3,(H,26,27)/b14-9+. The third-order valence-corrected chi connectivity index (χ3v) is 5.44. The summed E-state index contributed by atoms with van der Waals surface area (Å²) in [6, 6.07) is 15.2. The average molecular weight is 421 g/mol. The molecule has 30 heavy (non-hydrogen) atoms. The molecule has 0 saturated heterocycles. The average Bonchev–Trinajstić information content (AvgIpc) is 3.17. The molecule has 0 bridgehead atoms. The number of thiophene rings is 1. The number of aryl methyl sites for hydroxylation is 1. The fourth-order valence-electron chi connectivity index (χ4n) is 2.92. The molecule has 0 spiro atoms. The number of hydrogen-bond donors (Lipinski definition) is 2. The van der Waals surface area contributed by atoms with E-state index in [0.717, 1.165) is 23.1 Å². The van der Waals surface area contributed by atoms with Crippen molar-refractivity contribution in [3.05, 3.63) is 76.7 Å². The van der Waals surface area contributed by atoms with Crippen molar-refractivity contribution in [2.75, 3.05) is 17.7 Å². The SMILES string of the molecule is CCOC(=O)c1c(-c2ccc(CC)cc2)csc1NC(=O)/C=C/c1ccc(N)cc1. The van der Waals surface area contributed by atoms with Gasteiger partial charge in [0, 0.05) is 22.7 Å². The van der Waals surface area contributed by atoms with Crippen LogP contribution < -0.4 is 11.1 Å². The summed E-state index contributed by atoms with van der Waals surface area (Å²) in [5.41, 5.74) is 10.4. The number of hydrogen-bond acceptors (Lipinski definition) is 5. The van der Waals surface area contributed by atoms with Crippen LogP contribution in [-0.4, -0.2) is 18.5 Å². The first-order valence-corrected chi connectivity index (χ1v) is 10.6.